The second-order valence-corrected chi connectivity index (χ2v) is 7.21. The highest BCUT2D eigenvalue weighted by molar-refractivity contribution is 5.80. The molecule has 1 saturated carbocycles. The van der Waals surface area contributed by atoms with E-state index in [0.717, 1.165) is 25.9 Å². The number of carbonyl (C=O) groups is 1. The largest absolute Gasteiger partial charge is 0.346 e. The van der Waals surface area contributed by atoms with Crippen LogP contribution in [0.25, 0.3) is 0 Å². The van der Waals surface area contributed by atoms with Gasteiger partial charge in [-0.1, -0.05) is 12.1 Å². The second kappa shape index (κ2) is 6.79. The molecule has 1 aromatic carbocycles. The smallest absolute Gasteiger partial charge is 0.225 e. The van der Waals surface area contributed by atoms with E-state index in [1.165, 1.54) is 6.07 Å². The number of amides is 1. The number of likely N-dealkylation sites (tertiary alicyclic amines) is 1. The molecule has 24 heavy (non-hydrogen) atoms. The third-order valence-electron chi connectivity index (χ3n) is 5.50. The van der Waals surface area contributed by atoms with E-state index in [-0.39, 0.29) is 30.5 Å². The maximum Gasteiger partial charge on any atom is 0.225 e. The highest BCUT2D eigenvalue weighted by atomic mass is 19.1. The van der Waals surface area contributed by atoms with Crippen molar-refractivity contribution in [2.75, 3.05) is 26.7 Å². The van der Waals surface area contributed by atoms with Crippen LogP contribution >= 0.6 is 0 Å². The van der Waals surface area contributed by atoms with E-state index in [4.69, 9.17) is 0 Å². The number of alkyl halides is 1. The van der Waals surface area contributed by atoms with Gasteiger partial charge < -0.3 is 4.90 Å². The van der Waals surface area contributed by atoms with Gasteiger partial charge in [0.2, 0.25) is 5.91 Å². The summed E-state index contributed by atoms with van der Waals surface area (Å²) in [5.41, 5.74) is -0.572. The van der Waals surface area contributed by atoms with Crippen molar-refractivity contribution in [3.63, 3.8) is 0 Å². The molecule has 0 spiro atoms. The fraction of sp³-hybridized carbons (Fsp3) is 0.632. The third-order valence-corrected chi connectivity index (χ3v) is 5.50. The molecule has 2 aliphatic rings. The molecule has 2 fully saturated rings. The molecule has 1 amide bonds. The van der Waals surface area contributed by atoms with Gasteiger partial charge in [-0.25, -0.2) is 8.78 Å². The maximum atomic E-state index is 15.0. The molecule has 1 aliphatic heterocycles. The minimum Gasteiger partial charge on any atom is -0.346 e. The molecule has 1 aromatic rings. The first-order chi connectivity index (χ1) is 11.4. The van der Waals surface area contributed by atoms with Gasteiger partial charge in [0.15, 0.2) is 0 Å². The summed E-state index contributed by atoms with van der Waals surface area (Å²) in [5.74, 6) is -0.638. The van der Waals surface area contributed by atoms with Gasteiger partial charge in [-0.05, 0) is 57.3 Å². The Morgan fingerprint density at radius 3 is 2.58 bits per heavy atom. The molecule has 0 radical (unpaired) electrons. The Labute approximate surface area is 142 Å². The van der Waals surface area contributed by atoms with Crippen LogP contribution in [0.1, 0.15) is 43.7 Å². The Kier molecular flexibility index (Phi) is 4.90. The van der Waals surface area contributed by atoms with Crippen LogP contribution in [0.3, 0.4) is 0 Å². The Morgan fingerprint density at radius 1 is 1.33 bits per heavy atom. The fourth-order valence-corrected chi connectivity index (χ4v) is 3.74. The lowest BCUT2D eigenvalue weighted by Gasteiger charge is -2.42. The van der Waals surface area contributed by atoms with Gasteiger partial charge in [0.05, 0.1) is 0 Å². The molecule has 1 heterocycles. The molecule has 3 rings (SSSR count). The summed E-state index contributed by atoms with van der Waals surface area (Å²) < 4.78 is 29.3. The summed E-state index contributed by atoms with van der Waals surface area (Å²) >= 11 is 0. The lowest BCUT2D eigenvalue weighted by Crippen LogP contribution is -2.46. The number of rotatable bonds is 5. The first-order valence-corrected chi connectivity index (χ1v) is 8.88. The Morgan fingerprint density at radius 2 is 2.00 bits per heavy atom. The van der Waals surface area contributed by atoms with Crippen LogP contribution in [-0.4, -0.2) is 42.4 Å². The summed E-state index contributed by atoms with van der Waals surface area (Å²) in [6.45, 7) is 5.11. The molecule has 1 saturated heterocycles. The van der Waals surface area contributed by atoms with E-state index < -0.39 is 5.67 Å². The van der Waals surface area contributed by atoms with E-state index in [1.54, 1.807) is 24.1 Å². The van der Waals surface area contributed by atoms with Crippen LogP contribution in [0.4, 0.5) is 8.78 Å². The molecular weight excluding hydrogens is 310 g/mol. The highest BCUT2D eigenvalue weighted by Crippen LogP contribution is 2.49. The van der Waals surface area contributed by atoms with E-state index >= 15 is 0 Å². The topological polar surface area (TPSA) is 23.6 Å². The van der Waals surface area contributed by atoms with Crippen LogP contribution < -0.4 is 0 Å². The number of carbonyl (C=O) groups excluding carboxylic acids is 1. The number of hydrogen-bond acceptors (Lipinski definition) is 2. The molecule has 0 atom stereocenters. The number of benzene rings is 1. The van der Waals surface area contributed by atoms with Crippen molar-refractivity contribution in [3.05, 3.63) is 35.1 Å². The van der Waals surface area contributed by atoms with Crippen LogP contribution in [0, 0.1) is 11.7 Å². The first-order valence-electron chi connectivity index (χ1n) is 8.88. The number of nitrogens with zero attached hydrogens (tertiary/aromatic N) is 2. The van der Waals surface area contributed by atoms with E-state index in [9.17, 15) is 13.6 Å². The zero-order valence-electron chi connectivity index (χ0n) is 14.5. The lowest BCUT2D eigenvalue weighted by atomic mass is 9.68. The fourth-order valence-electron chi connectivity index (χ4n) is 3.74. The van der Waals surface area contributed by atoms with Gasteiger partial charge in [-0.2, -0.15) is 0 Å². The zero-order valence-corrected chi connectivity index (χ0v) is 14.5. The summed E-state index contributed by atoms with van der Waals surface area (Å²) in [6.07, 6.45) is 2.63. The van der Waals surface area contributed by atoms with Crippen molar-refractivity contribution in [1.82, 2.24) is 9.80 Å². The van der Waals surface area contributed by atoms with Crippen LogP contribution in [0.15, 0.2) is 18.2 Å². The molecule has 0 aromatic heterocycles. The Balaban J connectivity index is 1.65. The van der Waals surface area contributed by atoms with Crippen molar-refractivity contribution in [1.29, 1.82) is 0 Å². The summed E-state index contributed by atoms with van der Waals surface area (Å²) in [6, 6.07) is 4.73. The van der Waals surface area contributed by atoms with Crippen molar-refractivity contribution >= 4 is 5.91 Å². The molecule has 5 heteroatoms. The zero-order chi connectivity index (χ0) is 17.3. The maximum absolute atomic E-state index is 15.0. The van der Waals surface area contributed by atoms with Crippen molar-refractivity contribution < 1.29 is 13.6 Å². The van der Waals surface area contributed by atoms with Crippen molar-refractivity contribution in [2.24, 2.45) is 5.92 Å². The molecule has 132 valence electrons. The standard InChI is InChI=1S/C19H26F2N2O/c1-3-22(2)18(24)15-11-19(21,12-15)16-7-6-14(17(20)10-16)13-23-8-4-5-9-23/h6-7,10,15H,3-5,8-9,11-13H2,1-2H3/t15-,19-. The highest BCUT2D eigenvalue weighted by Gasteiger charge is 2.50. The van der Waals surface area contributed by atoms with E-state index in [0.29, 0.717) is 24.2 Å². The summed E-state index contributed by atoms with van der Waals surface area (Å²) in [5, 5.41) is 0. The molecule has 0 bridgehead atoms. The molecule has 0 N–H and O–H groups in total. The quantitative estimate of drug-likeness (QED) is 0.822. The SMILES string of the molecule is CCN(C)C(=O)[C@H]1C[C@@](F)(c2ccc(CN3CCCC3)c(F)c2)C1. The van der Waals surface area contributed by atoms with Gasteiger partial charge in [0, 0.05) is 31.6 Å². The van der Waals surface area contributed by atoms with Crippen LogP contribution in [0.5, 0.6) is 0 Å². The average Bonchev–Trinajstić information content (AvgIpc) is 3.05. The van der Waals surface area contributed by atoms with Gasteiger partial charge in [0.25, 0.3) is 0 Å². The molecule has 1 aliphatic carbocycles. The van der Waals surface area contributed by atoms with E-state index in [2.05, 4.69) is 4.90 Å². The number of hydrogen-bond donors (Lipinski definition) is 0. The Hall–Kier alpha value is -1.49. The van der Waals surface area contributed by atoms with Gasteiger partial charge in [-0.3, -0.25) is 9.69 Å². The van der Waals surface area contributed by atoms with Gasteiger partial charge >= 0.3 is 0 Å². The molecular formula is C19H26F2N2O. The summed E-state index contributed by atoms with van der Waals surface area (Å²) in [7, 11) is 1.73. The lowest BCUT2D eigenvalue weighted by molar-refractivity contribution is -0.144. The summed E-state index contributed by atoms with van der Waals surface area (Å²) in [4.78, 5) is 15.9. The van der Waals surface area contributed by atoms with Crippen LogP contribution in [-0.2, 0) is 17.0 Å². The van der Waals surface area contributed by atoms with Crippen molar-refractivity contribution in [2.45, 2.75) is 44.8 Å². The minimum atomic E-state index is -1.57. The predicted octanol–water partition coefficient (Wildman–Crippen LogP) is 3.47. The normalized spacial score (nSPS) is 27.1. The molecule has 0 unspecified atom stereocenters. The van der Waals surface area contributed by atoms with Crippen molar-refractivity contribution in [3.8, 4) is 0 Å². The van der Waals surface area contributed by atoms with Gasteiger partial charge in [0.1, 0.15) is 11.5 Å². The Bertz CT molecular complexity index is 607. The predicted molar refractivity (Wildman–Crippen MR) is 89.7 cm³/mol. The second-order valence-electron chi connectivity index (χ2n) is 7.21. The number of halogens is 2. The van der Waals surface area contributed by atoms with Crippen LogP contribution in [0.2, 0.25) is 0 Å². The van der Waals surface area contributed by atoms with E-state index in [1.807, 2.05) is 6.92 Å². The van der Waals surface area contributed by atoms with Gasteiger partial charge in [-0.15, -0.1) is 0 Å². The first kappa shape index (κ1) is 17.3. The minimum absolute atomic E-state index is 0.0168. The average molecular weight is 336 g/mol. The third kappa shape index (κ3) is 3.32. The monoisotopic (exact) mass is 336 g/mol. The molecule has 3 nitrogen and oxygen atoms in total.